The molecule has 1 aromatic carbocycles. The number of nitrogens with zero attached hydrogens (tertiary/aromatic N) is 3. The van der Waals surface area contributed by atoms with Crippen LogP contribution in [0.15, 0.2) is 36.7 Å². The molecule has 0 aliphatic carbocycles. The Morgan fingerprint density at radius 2 is 2.10 bits per heavy atom. The summed E-state index contributed by atoms with van der Waals surface area (Å²) in [7, 11) is 3.49. The third-order valence-electron chi connectivity index (χ3n) is 4.67. The van der Waals surface area contributed by atoms with Gasteiger partial charge in [-0.3, -0.25) is 9.59 Å². The maximum absolute atomic E-state index is 12.6. The van der Waals surface area contributed by atoms with Crippen LogP contribution in [-0.2, 0) is 21.4 Å². The van der Waals surface area contributed by atoms with Gasteiger partial charge in [0.1, 0.15) is 17.6 Å². The number of imidazole rings is 1. The number of benzene rings is 1. The molecule has 1 atom stereocenters. The molecule has 9 heteroatoms. The van der Waals surface area contributed by atoms with Crippen LogP contribution in [0.3, 0.4) is 0 Å². The number of rotatable bonds is 8. The maximum atomic E-state index is 12.6. The first-order valence-electron chi connectivity index (χ1n) is 9.42. The van der Waals surface area contributed by atoms with Crippen LogP contribution in [0.1, 0.15) is 17.4 Å². The quantitative estimate of drug-likeness (QED) is 0.694. The minimum absolute atomic E-state index is 0.0412. The molecule has 2 heterocycles. The topological polar surface area (TPSA) is 85.7 Å². The Kier molecular flexibility index (Phi) is 7.54. The van der Waals surface area contributed by atoms with Gasteiger partial charge in [-0.15, -0.1) is 11.8 Å². The van der Waals surface area contributed by atoms with E-state index in [0.717, 1.165) is 11.4 Å². The van der Waals surface area contributed by atoms with Crippen LogP contribution in [0.25, 0.3) is 0 Å². The Labute approximate surface area is 174 Å². The average molecular weight is 419 g/mol. The predicted octanol–water partition coefficient (Wildman–Crippen LogP) is 1.23. The number of aryl methyl sites for hydroxylation is 1. The second-order valence-corrected chi connectivity index (χ2v) is 7.65. The standard InChI is InChI=1S/C20H26N4O4S/c1-23-7-6-21-20(23)19(15-4-3-5-16(12-15)27-2)22-17(25)13-29-14-18(26)24-8-10-28-11-9-24/h3-7,12,19H,8-11,13-14H2,1-2H3,(H,22,25). The van der Waals surface area contributed by atoms with Crippen LogP contribution in [0.5, 0.6) is 5.75 Å². The lowest BCUT2D eigenvalue weighted by atomic mass is 10.1. The second kappa shape index (κ2) is 10.3. The van der Waals surface area contributed by atoms with Crippen LogP contribution in [-0.4, -0.2) is 71.2 Å². The Bertz CT molecular complexity index is 835. The van der Waals surface area contributed by atoms with E-state index in [9.17, 15) is 9.59 Å². The molecule has 0 spiro atoms. The SMILES string of the molecule is COc1cccc(C(NC(=O)CSCC(=O)N2CCOCC2)c2nccn2C)c1. The first-order chi connectivity index (χ1) is 14.1. The molecular weight excluding hydrogens is 392 g/mol. The number of hydrogen-bond donors (Lipinski definition) is 1. The molecule has 2 aromatic rings. The fourth-order valence-corrected chi connectivity index (χ4v) is 3.84. The Hall–Kier alpha value is -2.52. The van der Waals surface area contributed by atoms with E-state index in [0.29, 0.717) is 32.1 Å². The highest BCUT2D eigenvalue weighted by Gasteiger charge is 2.22. The summed E-state index contributed by atoms with van der Waals surface area (Å²) in [5, 5.41) is 3.04. The van der Waals surface area contributed by atoms with Crippen LogP contribution in [0, 0.1) is 0 Å². The number of ether oxygens (including phenoxy) is 2. The third-order valence-corrected chi connectivity index (χ3v) is 5.59. The van der Waals surface area contributed by atoms with Crippen LogP contribution in [0.2, 0.25) is 0 Å². The van der Waals surface area contributed by atoms with Crippen molar-refractivity contribution in [2.45, 2.75) is 6.04 Å². The number of amides is 2. The van der Waals surface area contributed by atoms with E-state index in [1.807, 2.05) is 42.1 Å². The highest BCUT2D eigenvalue weighted by Crippen LogP contribution is 2.24. The van der Waals surface area contributed by atoms with Crippen molar-refractivity contribution >= 4 is 23.6 Å². The number of morpholine rings is 1. The van der Waals surface area contributed by atoms with Gasteiger partial charge in [0.05, 0.1) is 31.8 Å². The largest absolute Gasteiger partial charge is 0.497 e. The van der Waals surface area contributed by atoms with Crippen molar-refractivity contribution in [3.8, 4) is 5.75 Å². The molecule has 0 radical (unpaired) electrons. The highest BCUT2D eigenvalue weighted by atomic mass is 32.2. The molecule has 29 heavy (non-hydrogen) atoms. The molecule has 1 aliphatic rings. The summed E-state index contributed by atoms with van der Waals surface area (Å²) < 4.78 is 12.4. The van der Waals surface area contributed by atoms with Crippen molar-refractivity contribution in [3.05, 3.63) is 48.0 Å². The lowest BCUT2D eigenvalue weighted by Gasteiger charge is -2.26. The predicted molar refractivity (Wildman–Crippen MR) is 111 cm³/mol. The van der Waals surface area contributed by atoms with E-state index >= 15 is 0 Å². The van der Waals surface area contributed by atoms with Gasteiger partial charge >= 0.3 is 0 Å². The van der Waals surface area contributed by atoms with Gasteiger partial charge in [0, 0.05) is 32.5 Å². The van der Waals surface area contributed by atoms with Gasteiger partial charge in [0.2, 0.25) is 11.8 Å². The Balaban J connectivity index is 1.61. The number of aromatic nitrogens is 2. The molecule has 8 nitrogen and oxygen atoms in total. The minimum Gasteiger partial charge on any atom is -0.497 e. The number of methoxy groups -OCH3 is 1. The van der Waals surface area contributed by atoms with Crippen molar-refractivity contribution in [3.63, 3.8) is 0 Å². The second-order valence-electron chi connectivity index (χ2n) is 6.66. The summed E-state index contributed by atoms with van der Waals surface area (Å²) in [5.41, 5.74) is 0.876. The van der Waals surface area contributed by atoms with E-state index in [-0.39, 0.29) is 23.3 Å². The van der Waals surface area contributed by atoms with Gasteiger partial charge in [-0.05, 0) is 17.7 Å². The zero-order valence-corrected chi connectivity index (χ0v) is 17.5. The van der Waals surface area contributed by atoms with Crippen molar-refractivity contribution in [1.29, 1.82) is 0 Å². The highest BCUT2D eigenvalue weighted by molar-refractivity contribution is 8.00. The molecule has 0 bridgehead atoms. The van der Waals surface area contributed by atoms with Crippen LogP contribution >= 0.6 is 11.8 Å². The molecule has 2 amide bonds. The smallest absolute Gasteiger partial charge is 0.232 e. The molecule has 1 unspecified atom stereocenters. The lowest BCUT2D eigenvalue weighted by Crippen LogP contribution is -2.41. The zero-order valence-electron chi connectivity index (χ0n) is 16.7. The zero-order chi connectivity index (χ0) is 20.6. The van der Waals surface area contributed by atoms with Crippen molar-refractivity contribution in [2.24, 2.45) is 7.05 Å². The minimum atomic E-state index is -0.409. The van der Waals surface area contributed by atoms with E-state index in [4.69, 9.17) is 9.47 Å². The fourth-order valence-electron chi connectivity index (χ4n) is 3.11. The monoisotopic (exact) mass is 418 g/mol. The summed E-state index contributed by atoms with van der Waals surface area (Å²) in [6.07, 6.45) is 3.54. The summed E-state index contributed by atoms with van der Waals surface area (Å²) in [6.45, 7) is 2.37. The summed E-state index contributed by atoms with van der Waals surface area (Å²) in [5.74, 6) is 1.79. The number of hydrogen-bond acceptors (Lipinski definition) is 6. The van der Waals surface area contributed by atoms with E-state index in [2.05, 4.69) is 10.3 Å². The van der Waals surface area contributed by atoms with E-state index in [1.54, 1.807) is 18.2 Å². The molecular formula is C20H26N4O4S. The normalized spacial score (nSPS) is 15.0. The molecule has 1 aromatic heterocycles. The summed E-state index contributed by atoms with van der Waals surface area (Å²) >= 11 is 1.31. The van der Waals surface area contributed by atoms with Crippen molar-refractivity contribution in [1.82, 2.24) is 19.8 Å². The van der Waals surface area contributed by atoms with E-state index in [1.165, 1.54) is 11.8 Å². The number of nitrogens with one attached hydrogen (secondary N) is 1. The number of thioether (sulfide) groups is 1. The molecule has 1 aliphatic heterocycles. The fraction of sp³-hybridized carbons (Fsp3) is 0.450. The van der Waals surface area contributed by atoms with E-state index < -0.39 is 6.04 Å². The molecule has 1 fully saturated rings. The van der Waals surface area contributed by atoms with Gasteiger partial charge in [-0.25, -0.2) is 4.98 Å². The number of carbonyl (C=O) groups excluding carboxylic acids is 2. The Morgan fingerprint density at radius 1 is 1.31 bits per heavy atom. The molecule has 156 valence electrons. The van der Waals surface area contributed by atoms with Gasteiger partial charge in [-0.2, -0.15) is 0 Å². The van der Waals surface area contributed by atoms with Crippen LogP contribution < -0.4 is 10.1 Å². The average Bonchev–Trinajstić information content (AvgIpc) is 3.18. The van der Waals surface area contributed by atoms with Gasteiger partial charge < -0.3 is 24.3 Å². The molecule has 1 saturated heterocycles. The molecule has 0 saturated carbocycles. The first-order valence-corrected chi connectivity index (χ1v) is 10.6. The maximum Gasteiger partial charge on any atom is 0.232 e. The van der Waals surface area contributed by atoms with Crippen LogP contribution in [0.4, 0.5) is 0 Å². The molecule has 3 rings (SSSR count). The first kappa shape index (κ1) is 21.2. The Morgan fingerprint density at radius 3 is 2.79 bits per heavy atom. The summed E-state index contributed by atoms with van der Waals surface area (Å²) in [6, 6.07) is 7.14. The lowest BCUT2D eigenvalue weighted by molar-refractivity contribution is -0.132. The molecule has 1 N–H and O–H groups in total. The van der Waals surface area contributed by atoms with Gasteiger partial charge in [-0.1, -0.05) is 12.1 Å². The van der Waals surface area contributed by atoms with Gasteiger partial charge in [0.25, 0.3) is 0 Å². The van der Waals surface area contributed by atoms with Crippen molar-refractivity contribution < 1.29 is 19.1 Å². The number of carbonyl (C=O) groups is 2. The summed E-state index contributed by atoms with van der Waals surface area (Å²) in [4.78, 5) is 31.0. The van der Waals surface area contributed by atoms with Gasteiger partial charge in [0.15, 0.2) is 0 Å². The van der Waals surface area contributed by atoms with Crippen molar-refractivity contribution in [2.75, 3.05) is 44.9 Å². The third kappa shape index (κ3) is 5.74.